The van der Waals surface area contributed by atoms with E-state index in [0.29, 0.717) is 11.8 Å². The van der Waals surface area contributed by atoms with E-state index in [2.05, 4.69) is 33.0 Å². The van der Waals surface area contributed by atoms with Crippen molar-refractivity contribution >= 4 is 0 Å². The van der Waals surface area contributed by atoms with E-state index in [4.69, 9.17) is 4.74 Å². The van der Waals surface area contributed by atoms with E-state index >= 15 is 0 Å². The molecule has 21 heavy (non-hydrogen) atoms. The molecule has 0 saturated heterocycles. The van der Waals surface area contributed by atoms with Gasteiger partial charge in [0.05, 0.1) is 0 Å². The van der Waals surface area contributed by atoms with Crippen LogP contribution < -0.4 is 10.1 Å². The van der Waals surface area contributed by atoms with Gasteiger partial charge in [0.1, 0.15) is 17.2 Å². The summed E-state index contributed by atoms with van der Waals surface area (Å²) in [7, 11) is 1.94. The lowest BCUT2D eigenvalue weighted by molar-refractivity contribution is -0.00538. The monoisotopic (exact) mass is 293 g/mol. The Morgan fingerprint density at radius 2 is 1.86 bits per heavy atom. The number of hydrogen-bond donors (Lipinski definition) is 1. The highest BCUT2D eigenvalue weighted by molar-refractivity contribution is 5.39. The zero-order valence-corrected chi connectivity index (χ0v) is 13.9. The fourth-order valence-corrected chi connectivity index (χ4v) is 3.72. The van der Waals surface area contributed by atoms with E-state index in [0.717, 1.165) is 30.6 Å². The zero-order valence-electron chi connectivity index (χ0n) is 13.9. The van der Waals surface area contributed by atoms with Gasteiger partial charge in [-0.05, 0) is 49.9 Å². The second kappa shape index (κ2) is 6.35. The Kier molecular flexibility index (Phi) is 4.92. The maximum Gasteiger partial charge on any atom is 0.125 e. The van der Waals surface area contributed by atoms with Gasteiger partial charge in [-0.25, -0.2) is 4.39 Å². The summed E-state index contributed by atoms with van der Waals surface area (Å²) < 4.78 is 20.0. The van der Waals surface area contributed by atoms with Crippen molar-refractivity contribution in [2.75, 3.05) is 7.05 Å². The molecular formula is C18H28FNO. The number of fused-ring (bicyclic) bond motifs is 1. The molecular weight excluding hydrogens is 265 g/mol. The van der Waals surface area contributed by atoms with Gasteiger partial charge in [0, 0.05) is 18.0 Å². The van der Waals surface area contributed by atoms with Gasteiger partial charge in [0.25, 0.3) is 0 Å². The molecule has 1 aromatic carbocycles. The lowest BCUT2D eigenvalue weighted by atomic mass is 9.77. The number of hydrogen-bond acceptors (Lipinski definition) is 2. The zero-order chi connectivity index (χ0) is 15.6. The van der Waals surface area contributed by atoms with Crippen LogP contribution in [-0.2, 0) is 0 Å². The van der Waals surface area contributed by atoms with E-state index in [1.165, 1.54) is 6.07 Å². The topological polar surface area (TPSA) is 21.3 Å². The van der Waals surface area contributed by atoms with Crippen LogP contribution in [0.1, 0.15) is 58.6 Å². The lowest BCUT2D eigenvalue weighted by Gasteiger charge is -2.44. The van der Waals surface area contributed by atoms with Crippen LogP contribution in [0, 0.1) is 17.7 Å². The van der Waals surface area contributed by atoms with Crippen molar-refractivity contribution in [3.8, 4) is 5.75 Å². The van der Waals surface area contributed by atoms with E-state index < -0.39 is 0 Å². The minimum Gasteiger partial charge on any atom is -0.487 e. The fourth-order valence-electron chi connectivity index (χ4n) is 3.72. The van der Waals surface area contributed by atoms with Gasteiger partial charge in [-0.3, -0.25) is 0 Å². The molecule has 0 fully saturated rings. The summed E-state index contributed by atoms with van der Waals surface area (Å²) in [5.74, 6) is 1.78. The van der Waals surface area contributed by atoms with Gasteiger partial charge in [-0.2, -0.15) is 0 Å². The molecule has 0 aromatic heterocycles. The van der Waals surface area contributed by atoms with Crippen LogP contribution in [0.2, 0.25) is 0 Å². The molecule has 1 heterocycles. The predicted octanol–water partition coefficient (Wildman–Crippen LogP) is 4.70. The van der Waals surface area contributed by atoms with E-state index in [9.17, 15) is 4.39 Å². The molecule has 0 aliphatic carbocycles. The Labute approximate surface area is 128 Å². The van der Waals surface area contributed by atoms with Gasteiger partial charge in [0.15, 0.2) is 0 Å². The summed E-state index contributed by atoms with van der Waals surface area (Å²) in [5.41, 5.74) is 0.793. The van der Waals surface area contributed by atoms with Crippen molar-refractivity contribution in [3.05, 3.63) is 29.6 Å². The SMILES string of the molecule is CNC1CC(CC(C)C)(CC(C)C)Oc2ccc(F)cc21. The van der Waals surface area contributed by atoms with Crippen molar-refractivity contribution in [2.45, 2.75) is 58.6 Å². The lowest BCUT2D eigenvalue weighted by Crippen LogP contribution is -2.45. The molecule has 3 heteroatoms. The molecule has 1 aliphatic rings. The Bertz CT molecular complexity index is 474. The molecule has 0 bridgehead atoms. The normalized spacial score (nSPS) is 20.5. The van der Waals surface area contributed by atoms with E-state index in [-0.39, 0.29) is 17.5 Å². The molecule has 2 nitrogen and oxygen atoms in total. The Hall–Kier alpha value is -1.09. The van der Waals surface area contributed by atoms with Gasteiger partial charge < -0.3 is 10.1 Å². The molecule has 0 spiro atoms. The quantitative estimate of drug-likeness (QED) is 0.849. The molecule has 2 rings (SSSR count). The van der Waals surface area contributed by atoms with E-state index in [1.54, 1.807) is 12.1 Å². The first kappa shape index (κ1) is 16.3. The molecule has 1 atom stereocenters. The minimum atomic E-state index is -0.196. The summed E-state index contributed by atoms with van der Waals surface area (Å²) in [5, 5.41) is 3.34. The molecule has 118 valence electrons. The molecule has 0 saturated carbocycles. The van der Waals surface area contributed by atoms with Crippen molar-refractivity contribution in [1.29, 1.82) is 0 Å². The van der Waals surface area contributed by atoms with E-state index in [1.807, 2.05) is 7.05 Å². The van der Waals surface area contributed by atoms with Gasteiger partial charge in [-0.1, -0.05) is 27.7 Å². The molecule has 1 aromatic rings. The van der Waals surface area contributed by atoms with Crippen molar-refractivity contribution < 1.29 is 9.13 Å². The predicted molar refractivity (Wildman–Crippen MR) is 85.1 cm³/mol. The third-order valence-electron chi connectivity index (χ3n) is 4.16. The molecule has 1 aliphatic heterocycles. The van der Waals surface area contributed by atoms with Crippen molar-refractivity contribution in [3.63, 3.8) is 0 Å². The van der Waals surface area contributed by atoms with Crippen LogP contribution in [0.5, 0.6) is 5.75 Å². The number of halogens is 1. The van der Waals surface area contributed by atoms with Gasteiger partial charge in [0.2, 0.25) is 0 Å². The van der Waals surface area contributed by atoms with Crippen molar-refractivity contribution in [1.82, 2.24) is 5.32 Å². The number of rotatable bonds is 5. The van der Waals surface area contributed by atoms with Crippen LogP contribution in [0.4, 0.5) is 4.39 Å². The first-order valence-corrected chi connectivity index (χ1v) is 8.01. The molecule has 1 unspecified atom stereocenters. The first-order valence-electron chi connectivity index (χ1n) is 8.01. The number of nitrogens with one attached hydrogen (secondary N) is 1. The smallest absolute Gasteiger partial charge is 0.125 e. The van der Waals surface area contributed by atoms with Gasteiger partial charge >= 0.3 is 0 Å². The first-order chi connectivity index (χ1) is 9.85. The van der Waals surface area contributed by atoms with Crippen LogP contribution in [0.25, 0.3) is 0 Å². The Morgan fingerprint density at radius 3 is 2.38 bits per heavy atom. The largest absolute Gasteiger partial charge is 0.487 e. The summed E-state index contributed by atoms with van der Waals surface area (Å²) in [4.78, 5) is 0. The standard InChI is InChI=1S/C18H28FNO/c1-12(2)9-18(10-13(3)4)11-16(20-5)15-8-14(19)6-7-17(15)21-18/h6-8,12-13,16,20H,9-11H2,1-5H3. The highest BCUT2D eigenvalue weighted by Crippen LogP contribution is 2.45. The second-order valence-electron chi connectivity index (χ2n) is 7.21. The Balaban J connectivity index is 2.38. The number of ether oxygens (including phenoxy) is 1. The molecule has 1 N–H and O–H groups in total. The minimum absolute atomic E-state index is 0.152. The van der Waals surface area contributed by atoms with Crippen LogP contribution >= 0.6 is 0 Å². The summed E-state index contributed by atoms with van der Waals surface area (Å²) in [6.07, 6.45) is 2.96. The average Bonchev–Trinajstić information content (AvgIpc) is 2.36. The highest BCUT2D eigenvalue weighted by atomic mass is 19.1. The third-order valence-corrected chi connectivity index (χ3v) is 4.16. The van der Waals surface area contributed by atoms with Crippen LogP contribution in [0.15, 0.2) is 18.2 Å². The Morgan fingerprint density at radius 1 is 1.24 bits per heavy atom. The fraction of sp³-hybridized carbons (Fsp3) is 0.667. The summed E-state index contributed by atoms with van der Waals surface area (Å²) >= 11 is 0. The molecule has 0 radical (unpaired) electrons. The van der Waals surface area contributed by atoms with Gasteiger partial charge in [-0.15, -0.1) is 0 Å². The third kappa shape index (κ3) is 3.76. The van der Waals surface area contributed by atoms with Crippen LogP contribution in [0.3, 0.4) is 0 Å². The van der Waals surface area contributed by atoms with Crippen LogP contribution in [-0.4, -0.2) is 12.6 Å². The number of benzene rings is 1. The second-order valence-corrected chi connectivity index (χ2v) is 7.21. The highest BCUT2D eigenvalue weighted by Gasteiger charge is 2.41. The maximum atomic E-state index is 13.5. The molecule has 0 amide bonds. The summed E-state index contributed by atoms with van der Waals surface area (Å²) in [6, 6.07) is 5.03. The maximum absolute atomic E-state index is 13.5. The van der Waals surface area contributed by atoms with Crippen molar-refractivity contribution in [2.24, 2.45) is 11.8 Å². The summed E-state index contributed by atoms with van der Waals surface area (Å²) in [6.45, 7) is 8.94. The average molecular weight is 293 g/mol.